The third-order valence-corrected chi connectivity index (χ3v) is 1.92. The van der Waals surface area contributed by atoms with E-state index >= 15 is 0 Å². The van der Waals surface area contributed by atoms with Crippen molar-refractivity contribution in [1.29, 1.82) is 0 Å². The van der Waals surface area contributed by atoms with E-state index in [0.29, 0.717) is 11.7 Å². The van der Waals surface area contributed by atoms with Crippen LogP contribution in [0.2, 0.25) is 0 Å². The summed E-state index contributed by atoms with van der Waals surface area (Å²) in [5.74, 6) is 1.15. The standard InChI is InChI=1S/C10H21NO/c1-8(2)6-10(9(3)12)7-11(4)5/h8,10H,6-7H2,1-5H3/t10-/m0/s1. The van der Waals surface area contributed by atoms with Crippen molar-refractivity contribution >= 4 is 5.78 Å². The summed E-state index contributed by atoms with van der Waals surface area (Å²) in [4.78, 5) is 13.3. The van der Waals surface area contributed by atoms with E-state index < -0.39 is 0 Å². The minimum atomic E-state index is 0.222. The molecule has 0 aliphatic heterocycles. The zero-order chi connectivity index (χ0) is 9.72. The highest BCUT2D eigenvalue weighted by Gasteiger charge is 2.16. The van der Waals surface area contributed by atoms with Gasteiger partial charge in [-0.15, -0.1) is 0 Å². The highest BCUT2D eigenvalue weighted by molar-refractivity contribution is 5.78. The summed E-state index contributed by atoms with van der Waals surface area (Å²) in [7, 11) is 4.02. The Morgan fingerprint density at radius 1 is 1.33 bits per heavy atom. The van der Waals surface area contributed by atoms with Crippen molar-refractivity contribution in [2.45, 2.75) is 27.2 Å². The number of ketones is 1. The van der Waals surface area contributed by atoms with Crippen molar-refractivity contribution in [1.82, 2.24) is 4.90 Å². The van der Waals surface area contributed by atoms with E-state index in [1.165, 1.54) is 0 Å². The van der Waals surface area contributed by atoms with Crippen LogP contribution in [-0.4, -0.2) is 31.3 Å². The minimum Gasteiger partial charge on any atom is -0.309 e. The summed E-state index contributed by atoms with van der Waals surface area (Å²) < 4.78 is 0. The molecule has 0 radical (unpaired) electrons. The monoisotopic (exact) mass is 171 g/mol. The van der Waals surface area contributed by atoms with E-state index in [1.807, 2.05) is 14.1 Å². The van der Waals surface area contributed by atoms with Crippen LogP contribution in [0.5, 0.6) is 0 Å². The Kier molecular flexibility index (Phi) is 5.14. The maximum Gasteiger partial charge on any atom is 0.134 e. The Morgan fingerprint density at radius 3 is 2.08 bits per heavy atom. The third-order valence-electron chi connectivity index (χ3n) is 1.92. The lowest BCUT2D eigenvalue weighted by atomic mass is 9.93. The number of hydrogen-bond acceptors (Lipinski definition) is 2. The van der Waals surface area contributed by atoms with Gasteiger partial charge < -0.3 is 4.90 Å². The average Bonchev–Trinajstić information content (AvgIpc) is 1.83. The number of rotatable bonds is 5. The Balaban J connectivity index is 3.96. The quantitative estimate of drug-likeness (QED) is 0.628. The number of carbonyl (C=O) groups excluding carboxylic acids is 1. The normalized spacial score (nSPS) is 13.9. The molecule has 0 N–H and O–H groups in total. The van der Waals surface area contributed by atoms with Crippen molar-refractivity contribution in [2.24, 2.45) is 11.8 Å². The van der Waals surface area contributed by atoms with Gasteiger partial charge in [0.05, 0.1) is 0 Å². The van der Waals surface area contributed by atoms with Gasteiger partial charge in [-0.25, -0.2) is 0 Å². The Bertz CT molecular complexity index is 131. The highest BCUT2D eigenvalue weighted by Crippen LogP contribution is 2.13. The van der Waals surface area contributed by atoms with Crippen LogP contribution in [0.25, 0.3) is 0 Å². The molecule has 0 spiro atoms. The molecule has 0 aromatic heterocycles. The molecule has 0 unspecified atom stereocenters. The Morgan fingerprint density at radius 2 is 1.83 bits per heavy atom. The molecule has 0 amide bonds. The number of hydrogen-bond donors (Lipinski definition) is 0. The molecular weight excluding hydrogens is 150 g/mol. The largest absolute Gasteiger partial charge is 0.309 e. The Labute approximate surface area is 75.9 Å². The fourth-order valence-electron chi connectivity index (χ4n) is 1.38. The summed E-state index contributed by atoms with van der Waals surface area (Å²) in [5.41, 5.74) is 0. The average molecular weight is 171 g/mol. The van der Waals surface area contributed by atoms with Crippen LogP contribution in [0.1, 0.15) is 27.2 Å². The molecule has 1 atom stereocenters. The molecule has 72 valence electrons. The second-order valence-electron chi connectivity index (χ2n) is 4.20. The first-order chi connectivity index (χ1) is 5.43. The summed E-state index contributed by atoms with van der Waals surface area (Å²) in [6.45, 7) is 6.89. The summed E-state index contributed by atoms with van der Waals surface area (Å²) in [5, 5.41) is 0. The maximum atomic E-state index is 11.2. The van der Waals surface area contributed by atoms with E-state index in [1.54, 1.807) is 6.92 Å². The Hall–Kier alpha value is -0.370. The molecule has 0 saturated heterocycles. The summed E-state index contributed by atoms with van der Waals surface area (Å²) >= 11 is 0. The fourth-order valence-corrected chi connectivity index (χ4v) is 1.38. The van der Waals surface area contributed by atoms with Crippen LogP contribution in [0.15, 0.2) is 0 Å². The minimum absolute atomic E-state index is 0.222. The molecule has 2 nitrogen and oxygen atoms in total. The molecule has 0 bridgehead atoms. The van der Waals surface area contributed by atoms with Crippen molar-refractivity contribution in [3.05, 3.63) is 0 Å². The van der Waals surface area contributed by atoms with Gasteiger partial charge in [-0.2, -0.15) is 0 Å². The molecule has 0 aromatic carbocycles. The molecule has 12 heavy (non-hydrogen) atoms. The van der Waals surface area contributed by atoms with Gasteiger partial charge >= 0.3 is 0 Å². The van der Waals surface area contributed by atoms with Crippen molar-refractivity contribution in [3.63, 3.8) is 0 Å². The van der Waals surface area contributed by atoms with Crippen LogP contribution in [-0.2, 0) is 4.79 Å². The van der Waals surface area contributed by atoms with Gasteiger partial charge in [-0.1, -0.05) is 13.8 Å². The third kappa shape index (κ3) is 5.30. The molecule has 0 aliphatic rings. The van der Waals surface area contributed by atoms with E-state index in [4.69, 9.17) is 0 Å². The van der Waals surface area contributed by atoms with Gasteiger partial charge in [-0.3, -0.25) is 4.79 Å². The number of nitrogens with zero attached hydrogens (tertiary/aromatic N) is 1. The molecule has 0 aliphatic carbocycles. The predicted molar refractivity (Wildman–Crippen MR) is 52.2 cm³/mol. The fraction of sp³-hybridized carbons (Fsp3) is 0.900. The van der Waals surface area contributed by atoms with Crippen LogP contribution < -0.4 is 0 Å². The molecular formula is C10H21NO. The molecule has 2 heteroatoms. The first-order valence-corrected chi connectivity index (χ1v) is 4.58. The van der Waals surface area contributed by atoms with E-state index in [-0.39, 0.29) is 5.92 Å². The van der Waals surface area contributed by atoms with Gasteiger partial charge in [0.15, 0.2) is 0 Å². The van der Waals surface area contributed by atoms with Gasteiger partial charge in [0.2, 0.25) is 0 Å². The van der Waals surface area contributed by atoms with Crippen molar-refractivity contribution in [3.8, 4) is 0 Å². The maximum absolute atomic E-state index is 11.2. The summed E-state index contributed by atoms with van der Waals surface area (Å²) in [6, 6.07) is 0. The lowest BCUT2D eigenvalue weighted by molar-refractivity contribution is -0.121. The van der Waals surface area contributed by atoms with Gasteiger partial charge in [0.1, 0.15) is 5.78 Å². The van der Waals surface area contributed by atoms with Gasteiger partial charge in [-0.05, 0) is 33.4 Å². The van der Waals surface area contributed by atoms with E-state index in [2.05, 4.69) is 18.7 Å². The first kappa shape index (κ1) is 11.6. The molecule has 0 heterocycles. The smallest absolute Gasteiger partial charge is 0.134 e. The van der Waals surface area contributed by atoms with Crippen LogP contribution >= 0.6 is 0 Å². The number of Topliss-reactive ketones (excluding diaryl/α,β-unsaturated/α-hetero) is 1. The molecule has 0 aromatic rings. The highest BCUT2D eigenvalue weighted by atomic mass is 16.1. The zero-order valence-corrected chi connectivity index (χ0v) is 8.92. The van der Waals surface area contributed by atoms with Crippen LogP contribution in [0.3, 0.4) is 0 Å². The second-order valence-corrected chi connectivity index (χ2v) is 4.20. The van der Waals surface area contributed by atoms with Crippen molar-refractivity contribution in [2.75, 3.05) is 20.6 Å². The molecule has 0 fully saturated rings. The molecule has 0 saturated carbocycles. The summed E-state index contributed by atoms with van der Waals surface area (Å²) in [6.07, 6.45) is 1.01. The lowest BCUT2D eigenvalue weighted by Crippen LogP contribution is -2.27. The SMILES string of the molecule is CC(=O)[C@@H](CC(C)C)CN(C)C. The second kappa shape index (κ2) is 5.31. The van der Waals surface area contributed by atoms with Gasteiger partial charge in [0.25, 0.3) is 0 Å². The van der Waals surface area contributed by atoms with Crippen LogP contribution in [0.4, 0.5) is 0 Å². The zero-order valence-electron chi connectivity index (χ0n) is 8.92. The van der Waals surface area contributed by atoms with E-state index in [9.17, 15) is 4.79 Å². The lowest BCUT2D eigenvalue weighted by Gasteiger charge is -2.19. The topological polar surface area (TPSA) is 20.3 Å². The molecule has 0 rings (SSSR count). The van der Waals surface area contributed by atoms with Gasteiger partial charge in [0, 0.05) is 12.5 Å². The van der Waals surface area contributed by atoms with Crippen LogP contribution in [0, 0.1) is 11.8 Å². The predicted octanol–water partition coefficient (Wildman–Crippen LogP) is 1.80. The van der Waals surface area contributed by atoms with E-state index in [0.717, 1.165) is 13.0 Å². The number of carbonyl (C=O) groups is 1. The van der Waals surface area contributed by atoms with Crippen molar-refractivity contribution < 1.29 is 4.79 Å². The first-order valence-electron chi connectivity index (χ1n) is 4.58.